The van der Waals surface area contributed by atoms with Crippen molar-refractivity contribution in [2.45, 2.75) is 26.7 Å². The Labute approximate surface area is 113 Å². The minimum atomic E-state index is -0.160. The van der Waals surface area contributed by atoms with Crippen LogP contribution in [0.1, 0.15) is 31.2 Å². The molecule has 0 amide bonds. The second-order valence-corrected chi connectivity index (χ2v) is 5.33. The van der Waals surface area contributed by atoms with E-state index in [0.717, 1.165) is 17.0 Å². The predicted molar refractivity (Wildman–Crippen MR) is 73.6 cm³/mol. The Kier molecular flexibility index (Phi) is 3.38. The molecular weight excluding hydrogens is 296 g/mol. The van der Waals surface area contributed by atoms with Gasteiger partial charge >= 0.3 is 0 Å². The Balaban J connectivity index is 2.67. The van der Waals surface area contributed by atoms with Gasteiger partial charge in [0.25, 0.3) is 5.56 Å². The Hall–Kier alpha value is -1.43. The zero-order chi connectivity index (χ0) is 13.4. The van der Waals surface area contributed by atoms with Crippen LogP contribution in [0.5, 0.6) is 0 Å². The van der Waals surface area contributed by atoms with Gasteiger partial charge in [0.2, 0.25) is 0 Å². The lowest BCUT2D eigenvalue weighted by Crippen LogP contribution is -2.14. The number of halogens is 1. The van der Waals surface area contributed by atoms with Crippen LogP contribution in [0, 0.1) is 6.92 Å². The second kappa shape index (κ2) is 4.68. The van der Waals surface area contributed by atoms with Gasteiger partial charge in [-0.25, -0.2) is 4.98 Å². The van der Waals surface area contributed by atoms with Crippen LogP contribution in [-0.4, -0.2) is 19.7 Å². The Bertz CT molecular complexity index is 642. The summed E-state index contributed by atoms with van der Waals surface area (Å²) in [5, 5.41) is 4.16. The average Bonchev–Trinajstić information content (AvgIpc) is 2.63. The number of nitrogens with one attached hydrogen (secondary N) is 1. The van der Waals surface area contributed by atoms with Crippen LogP contribution in [0.2, 0.25) is 0 Å². The van der Waals surface area contributed by atoms with Gasteiger partial charge in [0.05, 0.1) is 17.5 Å². The maximum absolute atomic E-state index is 11.9. The number of nitrogens with zero attached hydrogens (tertiary/aromatic N) is 3. The zero-order valence-corrected chi connectivity index (χ0v) is 12.4. The molecule has 0 saturated carbocycles. The van der Waals surface area contributed by atoms with Gasteiger partial charge < -0.3 is 4.98 Å². The van der Waals surface area contributed by atoms with E-state index in [2.05, 4.69) is 31.0 Å². The molecule has 0 fully saturated rings. The highest BCUT2D eigenvalue weighted by Crippen LogP contribution is 2.23. The predicted octanol–water partition coefficient (Wildman–Crippen LogP) is 2.36. The number of aromatic nitrogens is 4. The third kappa shape index (κ3) is 2.12. The molecule has 0 spiro atoms. The summed E-state index contributed by atoms with van der Waals surface area (Å²) in [5.74, 6) is 0.745. The molecule has 0 aliphatic heterocycles. The van der Waals surface area contributed by atoms with Crippen LogP contribution in [0.3, 0.4) is 0 Å². The fourth-order valence-electron chi connectivity index (χ4n) is 1.72. The molecule has 0 radical (unpaired) electrons. The van der Waals surface area contributed by atoms with E-state index in [4.69, 9.17) is 0 Å². The van der Waals surface area contributed by atoms with Gasteiger partial charge in [-0.2, -0.15) is 5.10 Å². The summed E-state index contributed by atoms with van der Waals surface area (Å²) in [7, 11) is 1.86. The van der Waals surface area contributed by atoms with Crippen molar-refractivity contribution in [2.24, 2.45) is 7.05 Å². The maximum atomic E-state index is 11.9. The number of hydrogen-bond acceptors (Lipinski definition) is 3. The van der Waals surface area contributed by atoms with Crippen molar-refractivity contribution in [1.82, 2.24) is 19.7 Å². The summed E-state index contributed by atoms with van der Waals surface area (Å²) >= 11 is 3.28. The first-order valence-corrected chi connectivity index (χ1v) is 6.49. The molecule has 0 saturated heterocycles. The average molecular weight is 311 g/mol. The minimum absolute atomic E-state index is 0.160. The molecule has 0 bridgehead atoms. The van der Waals surface area contributed by atoms with Gasteiger partial charge in [-0.05, 0) is 28.8 Å². The Morgan fingerprint density at radius 3 is 2.61 bits per heavy atom. The summed E-state index contributed by atoms with van der Waals surface area (Å²) < 4.78 is 2.26. The number of aromatic amines is 1. The van der Waals surface area contributed by atoms with E-state index in [1.807, 2.05) is 27.8 Å². The third-order valence-electron chi connectivity index (χ3n) is 2.93. The summed E-state index contributed by atoms with van der Waals surface area (Å²) in [6.45, 7) is 5.96. The number of rotatable bonds is 2. The van der Waals surface area contributed by atoms with E-state index in [1.165, 1.54) is 0 Å². The van der Waals surface area contributed by atoms with E-state index in [0.29, 0.717) is 10.3 Å². The Morgan fingerprint density at radius 1 is 1.44 bits per heavy atom. The van der Waals surface area contributed by atoms with Crippen molar-refractivity contribution < 1.29 is 0 Å². The highest BCUT2D eigenvalue weighted by molar-refractivity contribution is 9.10. The van der Waals surface area contributed by atoms with Crippen molar-refractivity contribution in [3.05, 3.63) is 32.4 Å². The molecule has 0 aromatic carbocycles. The van der Waals surface area contributed by atoms with E-state index in [1.54, 1.807) is 10.9 Å². The molecule has 6 heteroatoms. The zero-order valence-electron chi connectivity index (χ0n) is 10.8. The molecule has 0 unspecified atom stereocenters. The summed E-state index contributed by atoms with van der Waals surface area (Å²) in [5.41, 5.74) is 2.42. The van der Waals surface area contributed by atoms with E-state index in [-0.39, 0.29) is 11.5 Å². The maximum Gasteiger partial charge on any atom is 0.265 e. The largest absolute Gasteiger partial charge is 0.305 e. The monoisotopic (exact) mass is 310 g/mol. The van der Waals surface area contributed by atoms with Crippen LogP contribution in [0.25, 0.3) is 11.4 Å². The third-order valence-corrected chi connectivity index (χ3v) is 3.69. The first-order chi connectivity index (χ1) is 8.41. The topological polar surface area (TPSA) is 63.6 Å². The van der Waals surface area contributed by atoms with Gasteiger partial charge in [0, 0.05) is 12.7 Å². The molecule has 96 valence electrons. The lowest BCUT2D eigenvalue weighted by Gasteiger charge is -2.09. The van der Waals surface area contributed by atoms with Crippen LogP contribution in [-0.2, 0) is 7.05 Å². The minimum Gasteiger partial charge on any atom is -0.305 e. The fraction of sp³-hybridized carbons (Fsp3) is 0.417. The number of hydrogen-bond donors (Lipinski definition) is 1. The molecule has 1 N–H and O–H groups in total. The standard InChI is InChI=1S/C12H15BrN4O/c1-6(2)10-9(13)12(18)16-11(15-10)8-5-14-17(4)7(8)3/h5-6H,1-4H3,(H,15,16,18). The van der Waals surface area contributed by atoms with Gasteiger partial charge in [0.1, 0.15) is 10.3 Å². The highest BCUT2D eigenvalue weighted by Gasteiger charge is 2.15. The van der Waals surface area contributed by atoms with Crippen molar-refractivity contribution in [3.8, 4) is 11.4 Å². The van der Waals surface area contributed by atoms with Gasteiger partial charge in [-0.15, -0.1) is 0 Å². The molecule has 18 heavy (non-hydrogen) atoms. The number of H-pyrrole nitrogens is 1. The van der Waals surface area contributed by atoms with Crippen LogP contribution < -0.4 is 5.56 Å². The molecule has 0 aliphatic rings. The number of aryl methyl sites for hydroxylation is 1. The van der Waals surface area contributed by atoms with Crippen molar-refractivity contribution in [1.29, 1.82) is 0 Å². The van der Waals surface area contributed by atoms with E-state index >= 15 is 0 Å². The molecule has 2 aromatic rings. The molecule has 2 rings (SSSR count). The van der Waals surface area contributed by atoms with Crippen molar-refractivity contribution in [2.75, 3.05) is 0 Å². The van der Waals surface area contributed by atoms with E-state index < -0.39 is 0 Å². The molecule has 2 aromatic heterocycles. The second-order valence-electron chi connectivity index (χ2n) is 4.54. The molecule has 5 nitrogen and oxygen atoms in total. The van der Waals surface area contributed by atoms with Crippen molar-refractivity contribution >= 4 is 15.9 Å². The van der Waals surface area contributed by atoms with Gasteiger partial charge in [0.15, 0.2) is 0 Å². The van der Waals surface area contributed by atoms with Crippen LogP contribution >= 0.6 is 15.9 Å². The molecule has 0 aliphatic carbocycles. The lowest BCUT2D eigenvalue weighted by atomic mass is 10.1. The van der Waals surface area contributed by atoms with E-state index in [9.17, 15) is 4.79 Å². The Morgan fingerprint density at radius 2 is 2.11 bits per heavy atom. The summed E-state index contributed by atoms with van der Waals surface area (Å²) in [4.78, 5) is 19.2. The first kappa shape index (κ1) is 13.0. The fourth-order valence-corrected chi connectivity index (χ4v) is 2.36. The molecule has 0 atom stereocenters. The van der Waals surface area contributed by atoms with Gasteiger partial charge in [-0.3, -0.25) is 9.48 Å². The lowest BCUT2D eigenvalue weighted by molar-refractivity contribution is 0.740. The normalized spacial score (nSPS) is 11.2. The molecular formula is C12H15BrN4O. The van der Waals surface area contributed by atoms with Crippen molar-refractivity contribution in [3.63, 3.8) is 0 Å². The smallest absolute Gasteiger partial charge is 0.265 e. The quantitative estimate of drug-likeness (QED) is 0.926. The van der Waals surface area contributed by atoms with Gasteiger partial charge in [-0.1, -0.05) is 13.8 Å². The summed E-state index contributed by atoms with van der Waals surface area (Å²) in [6, 6.07) is 0. The first-order valence-electron chi connectivity index (χ1n) is 5.70. The highest BCUT2D eigenvalue weighted by atomic mass is 79.9. The van der Waals surface area contributed by atoms with Crippen LogP contribution in [0.4, 0.5) is 0 Å². The SMILES string of the molecule is Cc1c(-c2nc(C(C)C)c(Br)c(=O)[nH]2)cnn1C. The van der Waals surface area contributed by atoms with Crippen LogP contribution in [0.15, 0.2) is 15.5 Å². The molecule has 2 heterocycles. The summed E-state index contributed by atoms with van der Waals surface area (Å²) in [6.07, 6.45) is 1.71.